The average molecular weight is 268 g/mol. The second-order valence-corrected chi connectivity index (χ2v) is 3.60. The molecule has 18 heavy (non-hydrogen) atoms. The summed E-state index contributed by atoms with van der Waals surface area (Å²) in [7, 11) is -0.445. The van der Waals surface area contributed by atoms with Crippen LogP contribution >= 0.6 is 0 Å². The summed E-state index contributed by atoms with van der Waals surface area (Å²) in [5.41, 5.74) is -1.35. The Morgan fingerprint density at radius 2 is 2.17 bits per heavy atom. The topological polar surface area (TPSA) is 87.7 Å². The molecule has 0 saturated carbocycles. The average Bonchev–Trinajstić information content (AvgIpc) is 2.67. The highest BCUT2D eigenvalue weighted by atomic mass is 19.4. The van der Waals surface area contributed by atoms with Crippen LogP contribution < -0.4 is 5.59 Å². The van der Waals surface area contributed by atoms with Gasteiger partial charge in [-0.15, -0.1) is 0 Å². The highest BCUT2D eigenvalue weighted by Crippen LogP contribution is 2.26. The summed E-state index contributed by atoms with van der Waals surface area (Å²) in [6, 6.07) is 0.649. The number of nitrogens with zero attached hydrogens (tertiary/aromatic N) is 2. The van der Waals surface area contributed by atoms with Gasteiger partial charge in [0.1, 0.15) is 0 Å². The van der Waals surface area contributed by atoms with Gasteiger partial charge in [0.2, 0.25) is 0 Å². The number of aryl methyl sites for hydroxylation is 1. The summed E-state index contributed by atoms with van der Waals surface area (Å²) in [5.74, 6) is 0. The third kappa shape index (κ3) is 3.70. The fourth-order valence-electron chi connectivity index (χ4n) is 1.19. The number of aliphatic hydroxyl groups excluding tert-OH is 2. The molecule has 0 aliphatic carbocycles. The number of rotatable bonds is 5. The van der Waals surface area contributed by atoms with Crippen LogP contribution in [-0.4, -0.2) is 51.5 Å². The third-order valence-electron chi connectivity index (χ3n) is 2.12. The molecule has 1 atom stereocenters. The molecule has 0 unspecified atom stereocenters. The van der Waals surface area contributed by atoms with Crippen molar-refractivity contribution in [1.82, 2.24) is 9.78 Å². The number of halogens is 3. The van der Waals surface area contributed by atoms with E-state index in [2.05, 4.69) is 5.10 Å². The van der Waals surface area contributed by atoms with E-state index in [0.717, 1.165) is 4.68 Å². The smallest absolute Gasteiger partial charge is 0.422 e. The summed E-state index contributed by atoms with van der Waals surface area (Å²) in [6.07, 6.45) is -5.82. The van der Waals surface area contributed by atoms with Crippen molar-refractivity contribution in [2.24, 2.45) is 7.05 Å². The van der Waals surface area contributed by atoms with Crippen LogP contribution in [0.15, 0.2) is 6.07 Å². The van der Waals surface area contributed by atoms with E-state index in [9.17, 15) is 18.2 Å². The van der Waals surface area contributed by atoms with E-state index >= 15 is 0 Å². The van der Waals surface area contributed by atoms with E-state index in [-0.39, 0.29) is 5.59 Å². The zero-order valence-electron chi connectivity index (χ0n) is 9.42. The lowest BCUT2D eigenvalue weighted by Gasteiger charge is -2.11. The zero-order chi connectivity index (χ0) is 13.9. The van der Waals surface area contributed by atoms with Crippen molar-refractivity contribution in [3.05, 3.63) is 11.8 Å². The molecule has 1 aromatic heterocycles. The Labute approximate surface area is 101 Å². The molecule has 6 nitrogen and oxygen atoms in total. The minimum absolute atomic E-state index is 0.201. The molecule has 1 heterocycles. The van der Waals surface area contributed by atoms with Crippen molar-refractivity contribution in [2.45, 2.75) is 12.3 Å². The van der Waals surface area contributed by atoms with Crippen LogP contribution in [0.1, 0.15) is 5.69 Å². The fraction of sp³-hybridized carbons (Fsp3) is 0.625. The van der Waals surface area contributed by atoms with Crippen molar-refractivity contribution in [3.63, 3.8) is 0 Å². The van der Waals surface area contributed by atoms with E-state index in [1.54, 1.807) is 0 Å². The molecule has 0 bridgehead atoms. The molecule has 0 saturated heterocycles. The predicted octanol–water partition coefficient (Wildman–Crippen LogP) is -1.50. The Kier molecular flexibility index (Phi) is 4.74. The molecule has 102 valence electrons. The van der Waals surface area contributed by atoms with Crippen LogP contribution in [0.4, 0.5) is 13.2 Å². The molecule has 0 radical (unpaired) electrons. The van der Waals surface area contributed by atoms with Crippen molar-refractivity contribution >= 4 is 12.7 Å². The fourth-order valence-corrected chi connectivity index (χ4v) is 1.19. The summed E-state index contributed by atoms with van der Waals surface area (Å²) in [4.78, 5) is 0. The van der Waals surface area contributed by atoms with Gasteiger partial charge in [-0.3, -0.25) is 4.68 Å². The molecule has 0 aliphatic heterocycles. The molecular weight excluding hydrogens is 256 g/mol. The lowest BCUT2D eigenvalue weighted by atomic mass is 9.85. The van der Waals surface area contributed by atoms with Gasteiger partial charge < -0.3 is 19.9 Å². The monoisotopic (exact) mass is 268 g/mol. The lowest BCUT2D eigenvalue weighted by Crippen LogP contribution is -2.40. The first-order chi connectivity index (χ1) is 8.25. The van der Waals surface area contributed by atoms with E-state index in [1.165, 1.54) is 7.05 Å². The van der Waals surface area contributed by atoms with Gasteiger partial charge in [0, 0.05) is 7.05 Å². The van der Waals surface area contributed by atoms with Crippen LogP contribution in [0, 0.1) is 0 Å². The molecule has 1 aromatic rings. The van der Waals surface area contributed by atoms with E-state index < -0.39 is 38.3 Å². The van der Waals surface area contributed by atoms with Gasteiger partial charge in [-0.25, -0.2) is 0 Å². The molecule has 0 fully saturated rings. The second kappa shape index (κ2) is 5.70. The molecular formula is C8H12BF3N2O4. The third-order valence-corrected chi connectivity index (χ3v) is 2.12. The lowest BCUT2D eigenvalue weighted by molar-refractivity contribution is -0.141. The van der Waals surface area contributed by atoms with Crippen LogP contribution in [0.5, 0.6) is 0 Å². The molecule has 0 aromatic carbocycles. The largest absolute Gasteiger partial charge is 0.510 e. The van der Waals surface area contributed by atoms with Crippen molar-refractivity contribution in [1.29, 1.82) is 0 Å². The number of aliphatic hydroxyl groups is 2. The minimum atomic E-state index is -4.61. The van der Waals surface area contributed by atoms with E-state index in [4.69, 9.17) is 14.9 Å². The SMILES string of the molecule is Cn1nc(C(F)(F)F)cc1B(O)OC[C@H](O)CO. The molecule has 1 rings (SSSR count). The number of hydrogen-bond donors (Lipinski definition) is 3. The van der Waals surface area contributed by atoms with Gasteiger partial charge in [-0.1, -0.05) is 0 Å². The van der Waals surface area contributed by atoms with Crippen molar-refractivity contribution in [2.75, 3.05) is 13.2 Å². The van der Waals surface area contributed by atoms with Crippen LogP contribution in [-0.2, 0) is 17.9 Å². The van der Waals surface area contributed by atoms with Crippen LogP contribution in [0.3, 0.4) is 0 Å². The Balaban J connectivity index is 2.74. The minimum Gasteiger partial charge on any atom is -0.422 e. The van der Waals surface area contributed by atoms with Crippen molar-refractivity contribution in [3.8, 4) is 0 Å². The van der Waals surface area contributed by atoms with Crippen LogP contribution in [0.25, 0.3) is 0 Å². The normalized spacial score (nSPS) is 13.7. The standard InChI is InChI=1S/C8H12BF3N2O4/c1-14-7(2-6(13-14)8(10,11)12)9(17)18-4-5(16)3-15/h2,5,15-17H,3-4H2,1H3/t5-/m1/s1. The Morgan fingerprint density at radius 3 is 2.61 bits per heavy atom. The Bertz CT molecular complexity index is 398. The molecule has 0 spiro atoms. The molecule has 0 aliphatic rings. The summed E-state index contributed by atoms with van der Waals surface area (Å²) in [5, 5.41) is 30.1. The van der Waals surface area contributed by atoms with Gasteiger partial charge >= 0.3 is 13.3 Å². The van der Waals surface area contributed by atoms with Gasteiger partial charge in [0.05, 0.1) is 24.9 Å². The summed E-state index contributed by atoms with van der Waals surface area (Å²) >= 11 is 0. The quantitative estimate of drug-likeness (QED) is 0.565. The van der Waals surface area contributed by atoms with Crippen molar-refractivity contribution < 1.29 is 33.1 Å². The van der Waals surface area contributed by atoms with E-state index in [1.807, 2.05) is 0 Å². The maximum atomic E-state index is 12.3. The van der Waals surface area contributed by atoms with Gasteiger partial charge in [-0.2, -0.15) is 18.3 Å². The molecule has 10 heteroatoms. The maximum absolute atomic E-state index is 12.3. The van der Waals surface area contributed by atoms with Gasteiger partial charge in [0.15, 0.2) is 5.69 Å². The molecule has 0 amide bonds. The Morgan fingerprint density at radius 1 is 1.56 bits per heavy atom. The van der Waals surface area contributed by atoms with E-state index in [0.29, 0.717) is 6.07 Å². The summed E-state index contributed by atoms with van der Waals surface area (Å²) < 4.78 is 42.6. The zero-order valence-corrected chi connectivity index (χ0v) is 9.42. The second-order valence-electron chi connectivity index (χ2n) is 3.60. The Hall–Kier alpha value is -1.10. The molecule has 3 N–H and O–H groups in total. The predicted molar refractivity (Wildman–Crippen MR) is 54.9 cm³/mol. The number of aromatic nitrogens is 2. The first kappa shape index (κ1) is 15.0. The number of alkyl halides is 3. The number of hydrogen-bond acceptors (Lipinski definition) is 5. The summed E-state index contributed by atoms with van der Waals surface area (Å²) in [6.45, 7) is -0.990. The first-order valence-corrected chi connectivity index (χ1v) is 4.95. The maximum Gasteiger partial charge on any atom is 0.510 e. The van der Waals surface area contributed by atoms with Crippen LogP contribution in [0.2, 0.25) is 0 Å². The first-order valence-electron chi connectivity index (χ1n) is 4.95. The highest BCUT2D eigenvalue weighted by Gasteiger charge is 2.36. The van der Waals surface area contributed by atoms with Gasteiger partial charge in [-0.05, 0) is 6.07 Å². The van der Waals surface area contributed by atoms with Gasteiger partial charge in [0.25, 0.3) is 0 Å². The highest BCUT2D eigenvalue weighted by molar-refractivity contribution is 6.59.